The Morgan fingerprint density at radius 3 is 2.75 bits per heavy atom. The lowest BCUT2D eigenvalue weighted by molar-refractivity contribution is 0.0209. The lowest BCUT2D eigenvalue weighted by atomic mass is 10.2. The quantitative estimate of drug-likeness (QED) is 0.837. The molecule has 0 N–H and O–H groups in total. The lowest BCUT2D eigenvalue weighted by Gasteiger charge is -2.32. The van der Waals surface area contributed by atoms with Gasteiger partial charge in [0.25, 0.3) is 0 Å². The number of hydrogen-bond acceptors (Lipinski definition) is 4. The molecule has 4 nitrogen and oxygen atoms in total. The van der Waals surface area contributed by atoms with Crippen molar-refractivity contribution in [2.75, 3.05) is 44.3 Å². The number of nitrogens with zero attached hydrogens (tertiary/aromatic N) is 3. The van der Waals surface area contributed by atoms with Crippen LogP contribution in [0.4, 0.5) is 5.69 Å². The number of nitriles is 1. The van der Waals surface area contributed by atoms with E-state index in [0.29, 0.717) is 16.6 Å². The highest BCUT2D eigenvalue weighted by molar-refractivity contribution is 6.33. The van der Waals surface area contributed by atoms with Gasteiger partial charge in [0, 0.05) is 32.2 Å². The third kappa shape index (κ3) is 2.76. The van der Waals surface area contributed by atoms with Crippen LogP contribution in [0.25, 0.3) is 0 Å². The van der Waals surface area contributed by atoms with Gasteiger partial charge in [-0.1, -0.05) is 11.6 Å². The minimum atomic E-state index is 0.589. The molecule has 3 rings (SSSR count). The Kier molecular flexibility index (Phi) is 4.11. The van der Waals surface area contributed by atoms with Crippen LogP contribution in [0, 0.1) is 11.3 Å². The standard InChI is InChI=1S/C15H18ClN3O/c16-14-9-12(10-17)1-2-15(14)19-4-3-13(11-19)18-5-7-20-8-6-18/h1-2,9,13H,3-8,11H2. The topological polar surface area (TPSA) is 39.5 Å². The fourth-order valence-electron chi connectivity index (χ4n) is 3.03. The first-order valence-electron chi connectivity index (χ1n) is 7.04. The van der Waals surface area contributed by atoms with E-state index in [9.17, 15) is 0 Å². The molecule has 5 heteroatoms. The summed E-state index contributed by atoms with van der Waals surface area (Å²) in [6, 6.07) is 8.26. The molecule has 0 spiro atoms. The van der Waals surface area contributed by atoms with E-state index in [4.69, 9.17) is 21.6 Å². The number of rotatable bonds is 2. The molecule has 2 saturated heterocycles. The van der Waals surface area contributed by atoms with Gasteiger partial charge in [-0.25, -0.2) is 0 Å². The molecule has 1 aromatic rings. The first-order valence-corrected chi connectivity index (χ1v) is 7.42. The highest BCUT2D eigenvalue weighted by Crippen LogP contribution is 2.30. The van der Waals surface area contributed by atoms with Crippen LogP contribution in [0.15, 0.2) is 18.2 Å². The van der Waals surface area contributed by atoms with Gasteiger partial charge in [-0.05, 0) is 24.6 Å². The molecule has 0 aliphatic carbocycles. The second-order valence-corrected chi connectivity index (χ2v) is 5.72. The van der Waals surface area contributed by atoms with Gasteiger partial charge in [0.15, 0.2) is 0 Å². The minimum Gasteiger partial charge on any atom is -0.379 e. The first-order chi connectivity index (χ1) is 9.78. The Balaban J connectivity index is 1.69. The Hall–Kier alpha value is -1.28. The smallest absolute Gasteiger partial charge is 0.0992 e. The first kappa shape index (κ1) is 13.7. The van der Waals surface area contributed by atoms with Gasteiger partial charge < -0.3 is 9.64 Å². The zero-order valence-electron chi connectivity index (χ0n) is 11.4. The average molecular weight is 292 g/mol. The van der Waals surface area contributed by atoms with E-state index >= 15 is 0 Å². The van der Waals surface area contributed by atoms with E-state index in [1.54, 1.807) is 6.07 Å². The van der Waals surface area contributed by atoms with Crippen LogP contribution in [0.2, 0.25) is 5.02 Å². The van der Waals surface area contributed by atoms with E-state index in [1.165, 1.54) is 0 Å². The van der Waals surface area contributed by atoms with E-state index < -0.39 is 0 Å². The number of hydrogen-bond donors (Lipinski definition) is 0. The van der Waals surface area contributed by atoms with Crippen LogP contribution in [0.1, 0.15) is 12.0 Å². The average Bonchev–Trinajstić information content (AvgIpc) is 2.97. The maximum absolute atomic E-state index is 8.89. The summed E-state index contributed by atoms with van der Waals surface area (Å²) in [5, 5.41) is 9.56. The van der Waals surface area contributed by atoms with Crippen molar-refractivity contribution < 1.29 is 4.74 Å². The Bertz CT molecular complexity index is 522. The molecule has 20 heavy (non-hydrogen) atoms. The molecular weight excluding hydrogens is 274 g/mol. The summed E-state index contributed by atoms with van der Waals surface area (Å²) in [5.74, 6) is 0. The molecule has 0 bridgehead atoms. The molecule has 0 amide bonds. The third-order valence-corrected chi connectivity index (χ3v) is 4.45. The lowest BCUT2D eigenvalue weighted by Crippen LogP contribution is -2.44. The third-order valence-electron chi connectivity index (χ3n) is 4.14. The SMILES string of the molecule is N#Cc1ccc(N2CCC(N3CCOCC3)C2)c(Cl)c1. The Morgan fingerprint density at radius 1 is 1.25 bits per heavy atom. The van der Waals surface area contributed by atoms with E-state index in [1.807, 2.05) is 12.1 Å². The predicted molar refractivity (Wildman–Crippen MR) is 79.2 cm³/mol. The van der Waals surface area contributed by atoms with Crippen molar-refractivity contribution in [3.8, 4) is 6.07 Å². The van der Waals surface area contributed by atoms with Crippen LogP contribution in [-0.2, 0) is 4.74 Å². The maximum Gasteiger partial charge on any atom is 0.0992 e. The number of morpholine rings is 1. The largest absolute Gasteiger partial charge is 0.379 e. The van der Waals surface area contributed by atoms with Crippen LogP contribution in [0.3, 0.4) is 0 Å². The summed E-state index contributed by atoms with van der Waals surface area (Å²) < 4.78 is 5.41. The zero-order chi connectivity index (χ0) is 13.9. The fourth-order valence-corrected chi connectivity index (χ4v) is 3.33. The number of benzene rings is 1. The molecule has 2 aliphatic rings. The van der Waals surface area contributed by atoms with Gasteiger partial charge in [0.05, 0.1) is 35.6 Å². The highest BCUT2D eigenvalue weighted by atomic mass is 35.5. The van der Waals surface area contributed by atoms with Gasteiger partial charge in [0.1, 0.15) is 0 Å². The van der Waals surface area contributed by atoms with E-state index in [-0.39, 0.29) is 0 Å². The summed E-state index contributed by atoms with van der Waals surface area (Å²) in [5.41, 5.74) is 1.66. The second-order valence-electron chi connectivity index (χ2n) is 5.31. The molecular formula is C15H18ClN3O. The van der Waals surface area contributed by atoms with Crippen molar-refractivity contribution in [2.24, 2.45) is 0 Å². The van der Waals surface area contributed by atoms with Gasteiger partial charge in [-0.15, -0.1) is 0 Å². The van der Waals surface area contributed by atoms with Crippen molar-refractivity contribution in [2.45, 2.75) is 12.5 Å². The molecule has 0 radical (unpaired) electrons. The normalized spacial score (nSPS) is 23.8. The van der Waals surface area contributed by atoms with E-state index in [0.717, 1.165) is 51.5 Å². The maximum atomic E-state index is 8.89. The van der Waals surface area contributed by atoms with Gasteiger partial charge in [-0.2, -0.15) is 5.26 Å². The molecule has 0 saturated carbocycles. The van der Waals surface area contributed by atoms with Crippen LogP contribution in [-0.4, -0.2) is 50.3 Å². The molecule has 2 fully saturated rings. The predicted octanol–water partition coefficient (Wildman–Crippen LogP) is 2.12. The zero-order valence-corrected chi connectivity index (χ0v) is 12.1. The Labute approximate surface area is 124 Å². The summed E-state index contributed by atoms with van der Waals surface area (Å²) in [6.07, 6.45) is 1.16. The monoisotopic (exact) mass is 291 g/mol. The molecule has 1 atom stereocenters. The molecule has 1 aromatic carbocycles. The molecule has 1 unspecified atom stereocenters. The number of halogens is 1. The summed E-state index contributed by atoms with van der Waals surface area (Å²) in [4.78, 5) is 4.84. The molecule has 2 aliphatic heterocycles. The van der Waals surface area contributed by atoms with Crippen molar-refractivity contribution in [3.63, 3.8) is 0 Å². The summed E-state index contributed by atoms with van der Waals surface area (Å²) in [7, 11) is 0. The van der Waals surface area contributed by atoms with Crippen LogP contribution in [0.5, 0.6) is 0 Å². The molecule has 0 aromatic heterocycles. The Morgan fingerprint density at radius 2 is 2.05 bits per heavy atom. The number of anilines is 1. The summed E-state index contributed by atoms with van der Waals surface area (Å²) >= 11 is 6.30. The van der Waals surface area contributed by atoms with Crippen LogP contribution >= 0.6 is 11.6 Å². The van der Waals surface area contributed by atoms with Crippen molar-refractivity contribution in [3.05, 3.63) is 28.8 Å². The second kappa shape index (κ2) is 6.01. The van der Waals surface area contributed by atoms with Crippen molar-refractivity contribution in [1.82, 2.24) is 4.90 Å². The van der Waals surface area contributed by atoms with Gasteiger partial charge in [0.2, 0.25) is 0 Å². The fraction of sp³-hybridized carbons (Fsp3) is 0.533. The van der Waals surface area contributed by atoms with Gasteiger partial charge >= 0.3 is 0 Å². The molecule has 106 valence electrons. The number of ether oxygens (including phenoxy) is 1. The van der Waals surface area contributed by atoms with Crippen LogP contribution < -0.4 is 4.90 Å². The van der Waals surface area contributed by atoms with Gasteiger partial charge in [-0.3, -0.25) is 4.90 Å². The van der Waals surface area contributed by atoms with Crippen molar-refractivity contribution >= 4 is 17.3 Å². The minimum absolute atomic E-state index is 0.589. The summed E-state index contributed by atoms with van der Waals surface area (Å²) in [6.45, 7) is 5.76. The van der Waals surface area contributed by atoms with E-state index in [2.05, 4.69) is 15.9 Å². The highest BCUT2D eigenvalue weighted by Gasteiger charge is 2.29. The molecule has 2 heterocycles. The van der Waals surface area contributed by atoms with Crippen molar-refractivity contribution in [1.29, 1.82) is 5.26 Å².